The summed E-state index contributed by atoms with van der Waals surface area (Å²) in [6, 6.07) is 8.20. The predicted octanol–water partition coefficient (Wildman–Crippen LogP) is 1.69. The van der Waals surface area contributed by atoms with Gasteiger partial charge < -0.3 is 15.6 Å². The average Bonchev–Trinajstić information content (AvgIpc) is 2.87. The Morgan fingerprint density at radius 1 is 1.21 bits per heavy atom. The summed E-state index contributed by atoms with van der Waals surface area (Å²) in [6.45, 7) is 4.50. The normalized spacial score (nSPS) is 17.1. The van der Waals surface area contributed by atoms with Crippen LogP contribution >= 0.6 is 0 Å². The lowest BCUT2D eigenvalue weighted by atomic mass is 9.98. The number of H-pyrrole nitrogens is 1. The number of nitrogens with zero attached hydrogens (tertiary/aromatic N) is 1. The molecule has 0 bridgehead atoms. The summed E-state index contributed by atoms with van der Waals surface area (Å²) in [6.07, 6.45) is 3.58. The van der Waals surface area contributed by atoms with Crippen LogP contribution < -0.4 is 10.6 Å². The number of para-hydroxylation sites is 2. The first kappa shape index (κ1) is 12.6. The Morgan fingerprint density at radius 2 is 2.05 bits per heavy atom. The lowest BCUT2D eigenvalue weighted by Gasteiger charge is -2.22. The van der Waals surface area contributed by atoms with Crippen LogP contribution in [0, 0.1) is 5.92 Å². The van der Waals surface area contributed by atoms with Gasteiger partial charge in [0.15, 0.2) is 0 Å². The largest absolute Gasteiger partial charge is 0.342 e. The van der Waals surface area contributed by atoms with E-state index >= 15 is 0 Å². The van der Waals surface area contributed by atoms with Crippen molar-refractivity contribution in [1.29, 1.82) is 0 Å². The molecule has 3 rings (SSSR count). The van der Waals surface area contributed by atoms with E-state index in [1.807, 2.05) is 12.1 Å². The molecule has 19 heavy (non-hydrogen) atoms. The number of hydrogen-bond acceptors (Lipinski definition) is 3. The molecule has 0 aliphatic carbocycles. The van der Waals surface area contributed by atoms with Crippen LogP contribution in [0.1, 0.15) is 18.7 Å². The fourth-order valence-electron chi connectivity index (χ4n) is 2.72. The molecule has 4 nitrogen and oxygen atoms in total. The van der Waals surface area contributed by atoms with Crippen LogP contribution in [0.5, 0.6) is 0 Å². The van der Waals surface area contributed by atoms with E-state index < -0.39 is 0 Å². The van der Waals surface area contributed by atoms with Crippen LogP contribution in [0.15, 0.2) is 24.3 Å². The van der Waals surface area contributed by atoms with Crippen molar-refractivity contribution in [2.45, 2.75) is 19.3 Å². The highest BCUT2D eigenvalue weighted by molar-refractivity contribution is 5.74. The molecule has 3 N–H and O–H groups in total. The van der Waals surface area contributed by atoms with Crippen LogP contribution in [-0.2, 0) is 6.42 Å². The van der Waals surface area contributed by atoms with Gasteiger partial charge in [0.25, 0.3) is 0 Å². The molecular weight excluding hydrogens is 236 g/mol. The predicted molar refractivity (Wildman–Crippen MR) is 78.3 cm³/mol. The van der Waals surface area contributed by atoms with Gasteiger partial charge in [-0.3, -0.25) is 0 Å². The van der Waals surface area contributed by atoms with Gasteiger partial charge in [0.1, 0.15) is 5.82 Å². The molecule has 1 aromatic heterocycles. The molecule has 0 radical (unpaired) electrons. The van der Waals surface area contributed by atoms with Crippen LogP contribution in [-0.4, -0.2) is 36.1 Å². The maximum absolute atomic E-state index is 4.59. The lowest BCUT2D eigenvalue weighted by molar-refractivity contribution is 0.357. The SMILES string of the molecule is c1ccc2[nH]c(CCNCC3CCNCC3)nc2c1. The summed E-state index contributed by atoms with van der Waals surface area (Å²) >= 11 is 0. The van der Waals surface area contributed by atoms with Crippen molar-refractivity contribution in [2.24, 2.45) is 5.92 Å². The van der Waals surface area contributed by atoms with Crippen LogP contribution in [0.25, 0.3) is 11.0 Å². The van der Waals surface area contributed by atoms with E-state index in [-0.39, 0.29) is 0 Å². The molecule has 1 aromatic carbocycles. The number of fused-ring (bicyclic) bond motifs is 1. The summed E-state index contributed by atoms with van der Waals surface area (Å²) in [5, 5.41) is 6.96. The lowest BCUT2D eigenvalue weighted by Crippen LogP contribution is -2.34. The van der Waals surface area contributed by atoms with Crippen LogP contribution in [0.4, 0.5) is 0 Å². The van der Waals surface area contributed by atoms with Crippen molar-refractivity contribution >= 4 is 11.0 Å². The van der Waals surface area contributed by atoms with Gasteiger partial charge in [-0.1, -0.05) is 12.1 Å². The van der Waals surface area contributed by atoms with Crippen LogP contribution in [0.2, 0.25) is 0 Å². The first-order valence-corrected chi connectivity index (χ1v) is 7.27. The third-order valence-electron chi connectivity index (χ3n) is 3.87. The zero-order valence-corrected chi connectivity index (χ0v) is 11.3. The van der Waals surface area contributed by atoms with E-state index in [1.54, 1.807) is 0 Å². The van der Waals surface area contributed by atoms with E-state index in [1.165, 1.54) is 25.9 Å². The highest BCUT2D eigenvalue weighted by atomic mass is 14.9. The number of hydrogen-bond donors (Lipinski definition) is 3. The van der Waals surface area contributed by atoms with E-state index in [0.29, 0.717) is 0 Å². The number of imidazole rings is 1. The van der Waals surface area contributed by atoms with E-state index in [9.17, 15) is 0 Å². The zero-order valence-electron chi connectivity index (χ0n) is 11.3. The maximum Gasteiger partial charge on any atom is 0.108 e. The highest BCUT2D eigenvalue weighted by Gasteiger charge is 2.11. The van der Waals surface area contributed by atoms with Gasteiger partial charge in [0, 0.05) is 13.0 Å². The number of rotatable bonds is 5. The van der Waals surface area contributed by atoms with Gasteiger partial charge in [0.05, 0.1) is 11.0 Å². The molecule has 0 amide bonds. The van der Waals surface area contributed by atoms with Crippen molar-refractivity contribution in [3.05, 3.63) is 30.1 Å². The Labute approximate surface area is 114 Å². The fourth-order valence-corrected chi connectivity index (χ4v) is 2.72. The molecule has 102 valence electrons. The highest BCUT2D eigenvalue weighted by Crippen LogP contribution is 2.11. The van der Waals surface area contributed by atoms with E-state index in [4.69, 9.17) is 0 Å². The molecule has 0 spiro atoms. The minimum Gasteiger partial charge on any atom is -0.342 e. The second-order valence-corrected chi connectivity index (χ2v) is 5.35. The summed E-state index contributed by atoms with van der Waals surface area (Å²) in [5.41, 5.74) is 2.20. The van der Waals surface area contributed by atoms with Gasteiger partial charge in [0.2, 0.25) is 0 Å². The molecule has 1 aliphatic rings. The Morgan fingerprint density at radius 3 is 2.89 bits per heavy atom. The number of nitrogens with one attached hydrogen (secondary N) is 3. The number of piperidine rings is 1. The third kappa shape index (κ3) is 3.33. The fraction of sp³-hybridized carbons (Fsp3) is 0.533. The first-order chi connectivity index (χ1) is 9.42. The number of benzene rings is 1. The van der Waals surface area contributed by atoms with Gasteiger partial charge in [-0.25, -0.2) is 4.98 Å². The summed E-state index contributed by atoms with van der Waals surface area (Å²) in [4.78, 5) is 7.96. The smallest absolute Gasteiger partial charge is 0.108 e. The molecule has 0 saturated carbocycles. The molecule has 2 aromatic rings. The Bertz CT molecular complexity index is 481. The Balaban J connectivity index is 1.44. The van der Waals surface area contributed by atoms with Crippen LogP contribution in [0.3, 0.4) is 0 Å². The minimum absolute atomic E-state index is 0.844. The second-order valence-electron chi connectivity index (χ2n) is 5.35. The minimum atomic E-state index is 0.844. The summed E-state index contributed by atoms with van der Waals surface area (Å²) < 4.78 is 0. The van der Waals surface area contributed by atoms with Crippen molar-refractivity contribution in [2.75, 3.05) is 26.2 Å². The first-order valence-electron chi connectivity index (χ1n) is 7.27. The molecular formula is C15H22N4. The third-order valence-corrected chi connectivity index (χ3v) is 3.87. The summed E-state index contributed by atoms with van der Waals surface area (Å²) in [5.74, 6) is 1.93. The molecule has 1 saturated heterocycles. The maximum atomic E-state index is 4.59. The Hall–Kier alpha value is -1.39. The molecule has 0 atom stereocenters. The van der Waals surface area contributed by atoms with Crippen molar-refractivity contribution in [3.8, 4) is 0 Å². The average molecular weight is 258 g/mol. The monoisotopic (exact) mass is 258 g/mol. The second kappa shape index (κ2) is 6.17. The van der Waals surface area contributed by atoms with Crippen molar-refractivity contribution in [3.63, 3.8) is 0 Å². The van der Waals surface area contributed by atoms with Gasteiger partial charge >= 0.3 is 0 Å². The molecule has 1 fully saturated rings. The molecule has 1 aliphatic heterocycles. The van der Waals surface area contributed by atoms with Gasteiger partial charge in [-0.2, -0.15) is 0 Å². The Kier molecular flexibility index (Phi) is 4.10. The van der Waals surface area contributed by atoms with Crippen molar-refractivity contribution in [1.82, 2.24) is 20.6 Å². The number of aromatic nitrogens is 2. The van der Waals surface area contributed by atoms with E-state index in [2.05, 4.69) is 32.7 Å². The quantitative estimate of drug-likeness (QED) is 0.715. The van der Waals surface area contributed by atoms with E-state index in [0.717, 1.165) is 42.3 Å². The molecule has 4 heteroatoms. The van der Waals surface area contributed by atoms with Gasteiger partial charge in [-0.15, -0.1) is 0 Å². The summed E-state index contributed by atoms with van der Waals surface area (Å²) in [7, 11) is 0. The standard InChI is InChI=1S/C15H22N4/c1-2-4-14-13(3-1)18-15(19-14)7-10-17-11-12-5-8-16-9-6-12/h1-4,12,16-17H,5-11H2,(H,18,19). The molecule has 0 unspecified atom stereocenters. The van der Waals surface area contributed by atoms with Gasteiger partial charge in [-0.05, 0) is 50.5 Å². The van der Waals surface area contributed by atoms with Crippen molar-refractivity contribution < 1.29 is 0 Å². The topological polar surface area (TPSA) is 52.7 Å². The zero-order chi connectivity index (χ0) is 12.9. The number of aromatic amines is 1. The molecule has 2 heterocycles.